The molecule has 2 nitrogen and oxygen atoms in total. The number of halogens is 2. The molecule has 0 aliphatic carbocycles. The highest BCUT2D eigenvalue weighted by Gasteiger charge is 2.15. The van der Waals surface area contributed by atoms with Crippen LogP contribution in [0, 0.1) is 18.6 Å². The van der Waals surface area contributed by atoms with E-state index in [0.29, 0.717) is 6.54 Å². The van der Waals surface area contributed by atoms with Gasteiger partial charge in [0.25, 0.3) is 0 Å². The largest absolute Gasteiger partial charge is 0.368 e. The molecule has 0 aliphatic rings. The molecule has 0 amide bonds. The summed E-state index contributed by atoms with van der Waals surface area (Å²) < 4.78 is 27.8. The van der Waals surface area contributed by atoms with E-state index in [1.807, 2.05) is 31.2 Å². The molecule has 4 heteroatoms. The Kier molecular flexibility index (Phi) is 4.35. The van der Waals surface area contributed by atoms with E-state index >= 15 is 0 Å². The van der Waals surface area contributed by atoms with E-state index < -0.39 is 11.6 Å². The summed E-state index contributed by atoms with van der Waals surface area (Å²) in [6.07, 6.45) is 0. The maximum atomic E-state index is 14.0. The Morgan fingerprint density at radius 1 is 1.00 bits per heavy atom. The Labute approximate surface area is 117 Å². The van der Waals surface area contributed by atoms with Gasteiger partial charge in [-0.05, 0) is 24.1 Å². The highest BCUT2D eigenvalue weighted by atomic mass is 19.2. The van der Waals surface area contributed by atoms with Gasteiger partial charge in [-0.3, -0.25) is 0 Å². The first-order valence-electron chi connectivity index (χ1n) is 6.47. The van der Waals surface area contributed by atoms with Crippen molar-refractivity contribution >= 4 is 5.69 Å². The molecule has 0 atom stereocenters. The average Bonchev–Trinajstić information content (AvgIpc) is 2.44. The van der Waals surface area contributed by atoms with Gasteiger partial charge in [0.1, 0.15) is 0 Å². The number of benzene rings is 2. The van der Waals surface area contributed by atoms with Gasteiger partial charge < -0.3 is 10.6 Å². The second-order valence-corrected chi connectivity index (χ2v) is 4.86. The van der Waals surface area contributed by atoms with Crippen LogP contribution in [-0.4, -0.2) is 7.05 Å². The number of aryl methyl sites for hydroxylation is 1. The van der Waals surface area contributed by atoms with E-state index in [-0.39, 0.29) is 17.8 Å². The molecule has 0 saturated heterocycles. The zero-order valence-electron chi connectivity index (χ0n) is 11.7. The third-order valence-electron chi connectivity index (χ3n) is 3.44. The number of hydrogen-bond donors (Lipinski definition) is 1. The summed E-state index contributed by atoms with van der Waals surface area (Å²) in [4.78, 5) is 1.70. The SMILES string of the molecule is Cc1ccccc1CN(C)c1ccc(CN)c(F)c1F. The van der Waals surface area contributed by atoms with Crippen LogP contribution in [-0.2, 0) is 13.1 Å². The van der Waals surface area contributed by atoms with Crippen LogP contribution in [0.25, 0.3) is 0 Å². The van der Waals surface area contributed by atoms with Crippen LogP contribution >= 0.6 is 0 Å². The normalized spacial score (nSPS) is 10.7. The van der Waals surface area contributed by atoms with Gasteiger partial charge in [0.05, 0.1) is 5.69 Å². The maximum absolute atomic E-state index is 14.0. The smallest absolute Gasteiger partial charge is 0.182 e. The number of hydrogen-bond acceptors (Lipinski definition) is 2. The van der Waals surface area contributed by atoms with Gasteiger partial charge in [0, 0.05) is 25.7 Å². The standard InChI is InChI=1S/C16H18F2N2/c1-11-5-3-4-6-13(11)10-20(2)14-8-7-12(9-19)15(17)16(14)18/h3-8H,9-10,19H2,1-2H3. The minimum Gasteiger partial charge on any atom is -0.368 e. The molecule has 0 unspecified atom stereocenters. The predicted octanol–water partition coefficient (Wildman–Crippen LogP) is 3.37. The van der Waals surface area contributed by atoms with E-state index in [1.165, 1.54) is 6.07 Å². The van der Waals surface area contributed by atoms with E-state index in [2.05, 4.69) is 0 Å². The maximum Gasteiger partial charge on any atom is 0.182 e. The van der Waals surface area contributed by atoms with Crippen molar-refractivity contribution in [3.8, 4) is 0 Å². The first kappa shape index (κ1) is 14.5. The summed E-state index contributed by atoms with van der Waals surface area (Å²) >= 11 is 0. The number of anilines is 1. The van der Waals surface area contributed by atoms with Crippen LogP contribution in [0.1, 0.15) is 16.7 Å². The summed E-state index contributed by atoms with van der Waals surface area (Å²) in [5.74, 6) is -1.70. The molecule has 0 radical (unpaired) electrons. The van der Waals surface area contributed by atoms with Crippen molar-refractivity contribution in [2.24, 2.45) is 5.73 Å². The van der Waals surface area contributed by atoms with Crippen molar-refractivity contribution in [2.45, 2.75) is 20.0 Å². The first-order chi connectivity index (χ1) is 9.54. The topological polar surface area (TPSA) is 29.3 Å². The fourth-order valence-electron chi connectivity index (χ4n) is 2.16. The molecule has 2 N–H and O–H groups in total. The number of nitrogens with zero attached hydrogens (tertiary/aromatic N) is 1. The summed E-state index contributed by atoms with van der Waals surface area (Å²) in [7, 11) is 1.74. The van der Waals surface area contributed by atoms with Gasteiger partial charge in [-0.1, -0.05) is 30.3 Å². The Bertz CT molecular complexity index is 611. The molecule has 0 spiro atoms. The van der Waals surface area contributed by atoms with Crippen molar-refractivity contribution in [3.05, 3.63) is 64.7 Å². The Hall–Kier alpha value is -1.94. The highest BCUT2D eigenvalue weighted by Crippen LogP contribution is 2.25. The van der Waals surface area contributed by atoms with Crippen LogP contribution < -0.4 is 10.6 Å². The quantitative estimate of drug-likeness (QED) is 0.927. The Balaban J connectivity index is 2.28. The van der Waals surface area contributed by atoms with Gasteiger partial charge >= 0.3 is 0 Å². The van der Waals surface area contributed by atoms with Crippen LogP contribution in [0.5, 0.6) is 0 Å². The molecule has 0 aliphatic heterocycles. The second-order valence-electron chi connectivity index (χ2n) is 4.86. The first-order valence-corrected chi connectivity index (χ1v) is 6.47. The average molecular weight is 276 g/mol. The monoisotopic (exact) mass is 276 g/mol. The summed E-state index contributed by atoms with van der Waals surface area (Å²) in [5.41, 5.74) is 8.00. The molecule has 0 saturated carbocycles. The minimum atomic E-state index is -0.860. The summed E-state index contributed by atoms with van der Waals surface area (Å²) in [6.45, 7) is 2.51. The van der Waals surface area contributed by atoms with Gasteiger partial charge in [-0.2, -0.15) is 0 Å². The number of rotatable bonds is 4. The lowest BCUT2D eigenvalue weighted by Gasteiger charge is -2.21. The lowest BCUT2D eigenvalue weighted by molar-refractivity contribution is 0.498. The van der Waals surface area contributed by atoms with Crippen molar-refractivity contribution in [2.75, 3.05) is 11.9 Å². The third-order valence-corrected chi connectivity index (χ3v) is 3.44. The Morgan fingerprint density at radius 3 is 2.35 bits per heavy atom. The van der Waals surface area contributed by atoms with Gasteiger partial charge in [0.2, 0.25) is 0 Å². The third kappa shape index (κ3) is 2.80. The lowest BCUT2D eigenvalue weighted by atomic mass is 10.1. The van der Waals surface area contributed by atoms with Crippen molar-refractivity contribution in [1.29, 1.82) is 0 Å². The van der Waals surface area contributed by atoms with E-state index in [1.54, 1.807) is 18.0 Å². The van der Waals surface area contributed by atoms with Crippen LogP contribution in [0.4, 0.5) is 14.5 Å². The molecular formula is C16H18F2N2. The van der Waals surface area contributed by atoms with Crippen LogP contribution in [0.2, 0.25) is 0 Å². The van der Waals surface area contributed by atoms with Gasteiger partial charge in [0.15, 0.2) is 11.6 Å². The Morgan fingerprint density at radius 2 is 1.70 bits per heavy atom. The lowest BCUT2D eigenvalue weighted by Crippen LogP contribution is -2.19. The van der Waals surface area contributed by atoms with Gasteiger partial charge in [-0.25, -0.2) is 8.78 Å². The van der Waals surface area contributed by atoms with Crippen LogP contribution in [0.15, 0.2) is 36.4 Å². The molecule has 0 fully saturated rings. The van der Waals surface area contributed by atoms with E-state index in [9.17, 15) is 8.78 Å². The zero-order valence-corrected chi connectivity index (χ0v) is 11.7. The molecule has 0 heterocycles. The molecular weight excluding hydrogens is 258 g/mol. The van der Waals surface area contributed by atoms with E-state index in [4.69, 9.17) is 5.73 Å². The molecule has 2 rings (SSSR count). The fraction of sp³-hybridized carbons (Fsp3) is 0.250. The highest BCUT2D eigenvalue weighted by molar-refractivity contribution is 5.50. The predicted molar refractivity (Wildman–Crippen MR) is 77.5 cm³/mol. The molecule has 2 aromatic rings. The minimum absolute atomic E-state index is 0.00938. The zero-order chi connectivity index (χ0) is 14.7. The van der Waals surface area contributed by atoms with Crippen molar-refractivity contribution in [1.82, 2.24) is 0 Å². The summed E-state index contributed by atoms with van der Waals surface area (Å²) in [6, 6.07) is 11.0. The molecule has 106 valence electrons. The molecule has 0 bridgehead atoms. The van der Waals surface area contributed by atoms with Gasteiger partial charge in [-0.15, -0.1) is 0 Å². The number of nitrogens with two attached hydrogens (primary N) is 1. The molecule has 0 aromatic heterocycles. The van der Waals surface area contributed by atoms with Crippen molar-refractivity contribution in [3.63, 3.8) is 0 Å². The second kappa shape index (κ2) is 6.01. The van der Waals surface area contributed by atoms with Crippen LogP contribution in [0.3, 0.4) is 0 Å². The van der Waals surface area contributed by atoms with Crippen molar-refractivity contribution < 1.29 is 8.78 Å². The fourth-order valence-corrected chi connectivity index (χ4v) is 2.16. The molecule has 20 heavy (non-hydrogen) atoms. The van der Waals surface area contributed by atoms with E-state index in [0.717, 1.165) is 11.1 Å². The summed E-state index contributed by atoms with van der Waals surface area (Å²) in [5, 5.41) is 0. The molecule has 2 aromatic carbocycles.